The predicted molar refractivity (Wildman–Crippen MR) is 91.3 cm³/mol. The van der Waals surface area contributed by atoms with Crippen molar-refractivity contribution in [2.45, 2.75) is 25.4 Å². The number of amides is 1. The van der Waals surface area contributed by atoms with Crippen LogP contribution in [0.25, 0.3) is 0 Å². The van der Waals surface area contributed by atoms with Crippen LogP contribution in [0.1, 0.15) is 22.6 Å². The van der Waals surface area contributed by atoms with Gasteiger partial charge < -0.3 is 19.5 Å². The predicted octanol–water partition coefficient (Wildman–Crippen LogP) is 1.46. The van der Waals surface area contributed by atoms with Crippen molar-refractivity contribution in [2.24, 2.45) is 0 Å². The van der Waals surface area contributed by atoms with E-state index in [9.17, 15) is 4.79 Å². The Morgan fingerprint density at radius 2 is 2.08 bits per heavy atom. The van der Waals surface area contributed by atoms with E-state index < -0.39 is 0 Å². The number of nitrogens with one attached hydrogen (secondary N) is 1. The molecule has 0 radical (unpaired) electrons. The Morgan fingerprint density at radius 1 is 1.25 bits per heavy atom. The van der Waals surface area contributed by atoms with Crippen LogP contribution in [-0.2, 0) is 17.7 Å². The van der Waals surface area contributed by atoms with Gasteiger partial charge in [0.15, 0.2) is 0 Å². The number of aryl methyl sites for hydroxylation is 1. The number of carbonyl (C=O) groups is 1. The molecule has 1 atom stereocenters. The van der Waals surface area contributed by atoms with E-state index in [-0.39, 0.29) is 11.9 Å². The minimum atomic E-state index is 0.00524. The molecule has 0 saturated carbocycles. The number of hydrogen-bond donors (Lipinski definition) is 1. The number of ether oxygens (including phenoxy) is 1. The third-order valence-corrected chi connectivity index (χ3v) is 4.77. The zero-order valence-corrected chi connectivity index (χ0v) is 13.6. The van der Waals surface area contributed by atoms with Crippen molar-refractivity contribution in [3.05, 3.63) is 48.0 Å². The molecule has 6 heteroatoms. The molecule has 1 N–H and O–H groups in total. The summed E-state index contributed by atoms with van der Waals surface area (Å²) in [5, 5.41) is 3.20. The topological polar surface area (TPSA) is 59.4 Å². The zero-order chi connectivity index (χ0) is 16.4. The van der Waals surface area contributed by atoms with Gasteiger partial charge in [-0.15, -0.1) is 0 Å². The lowest BCUT2D eigenvalue weighted by Gasteiger charge is -2.31. The van der Waals surface area contributed by atoms with Gasteiger partial charge in [0.1, 0.15) is 5.82 Å². The Bertz CT molecular complexity index is 721. The standard InChI is InChI=1S/C18H22N4O2/c23-18(20-14-5-6-17-19-7-8-22(17)13-14)15-3-1-2-4-16(15)21-9-11-24-12-10-21/h1-4,7-8,14H,5-6,9-13H2,(H,20,23)/t14-/m1/s1. The molecule has 126 valence electrons. The first kappa shape index (κ1) is 15.2. The summed E-state index contributed by atoms with van der Waals surface area (Å²) in [7, 11) is 0. The Balaban J connectivity index is 1.49. The van der Waals surface area contributed by atoms with E-state index in [1.165, 1.54) is 0 Å². The Labute approximate surface area is 141 Å². The van der Waals surface area contributed by atoms with Gasteiger partial charge in [0, 0.05) is 50.2 Å². The lowest BCUT2D eigenvalue weighted by molar-refractivity contribution is 0.0926. The maximum absolute atomic E-state index is 12.8. The third kappa shape index (κ3) is 3.01. The zero-order valence-electron chi connectivity index (χ0n) is 13.6. The number of fused-ring (bicyclic) bond motifs is 1. The fraction of sp³-hybridized carbons (Fsp3) is 0.444. The molecule has 24 heavy (non-hydrogen) atoms. The smallest absolute Gasteiger partial charge is 0.253 e. The second-order valence-electron chi connectivity index (χ2n) is 6.32. The highest BCUT2D eigenvalue weighted by molar-refractivity contribution is 6.00. The first-order valence-electron chi connectivity index (χ1n) is 8.54. The van der Waals surface area contributed by atoms with Crippen LogP contribution >= 0.6 is 0 Å². The number of rotatable bonds is 3. The number of nitrogens with zero attached hydrogens (tertiary/aromatic N) is 3. The highest BCUT2D eigenvalue weighted by atomic mass is 16.5. The Kier molecular flexibility index (Phi) is 4.21. The van der Waals surface area contributed by atoms with Gasteiger partial charge in [0.2, 0.25) is 0 Å². The minimum Gasteiger partial charge on any atom is -0.378 e. The SMILES string of the molecule is O=C(N[C@@H]1CCc2nccn2C1)c1ccccc1N1CCOCC1. The lowest BCUT2D eigenvalue weighted by atomic mass is 10.1. The molecule has 0 bridgehead atoms. The maximum Gasteiger partial charge on any atom is 0.253 e. The molecule has 2 aromatic rings. The van der Waals surface area contributed by atoms with Crippen LogP contribution < -0.4 is 10.2 Å². The summed E-state index contributed by atoms with van der Waals surface area (Å²) in [6.07, 6.45) is 5.65. The molecule has 6 nitrogen and oxygen atoms in total. The second-order valence-corrected chi connectivity index (χ2v) is 6.32. The van der Waals surface area contributed by atoms with E-state index in [4.69, 9.17) is 4.74 Å². The van der Waals surface area contributed by atoms with Crippen LogP contribution in [0.5, 0.6) is 0 Å². The average Bonchev–Trinajstić information content (AvgIpc) is 3.10. The van der Waals surface area contributed by atoms with Gasteiger partial charge in [0.05, 0.1) is 18.8 Å². The largest absolute Gasteiger partial charge is 0.378 e. The first-order chi connectivity index (χ1) is 11.8. The molecule has 3 heterocycles. The summed E-state index contributed by atoms with van der Waals surface area (Å²) in [5.74, 6) is 1.11. The van der Waals surface area contributed by atoms with Crippen molar-refractivity contribution in [3.63, 3.8) is 0 Å². The normalized spacial score (nSPS) is 20.5. The number of hydrogen-bond acceptors (Lipinski definition) is 4. The van der Waals surface area contributed by atoms with Crippen molar-refractivity contribution in [1.82, 2.24) is 14.9 Å². The van der Waals surface area contributed by atoms with Gasteiger partial charge in [-0.25, -0.2) is 4.98 Å². The first-order valence-corrected chi connectivity index (χ1v) is 8.54. The summed E-state index contributed by atoms with van der Waals surface area (Å²) < 4.78 is 7.55. The van der Waals surface area contributed by atoms with Crippen LogP contribution in [-0.4, -0.2) is 47.8 Å². The molecule has 1 fully saturated rings. The van der Waals surface area contributed by atoms with Gasteiger partial charge in [-0.05, 0) is 18.6 Å². The Morgan fingerprint density at radius 3 is 2.96 bits per heavy atom. The molecule has 2 aliphatic rings. The van der Waals surface area contributed by atoms with Crippen LogP contribution in [0, 0.1) is 0 Å². The number of aromatic nitrogens is 2. The number of morpholine rings is 1. The molecule has 0 spiro atoms. The van der Waals surface area contributed by atoms with E-state index >= 15 is 0 Å². The molecule has 1 amide bonds. The minimum absolute atomic E-state index is 0.00524. The second kappa shape index (κ2) is 6.65. The van der Waals surface area contributed by atoms with E-state index in [0.29, 0.717) is 13.2 Å². The number of anilines is 1. The molecule has 4 rings (SSSR count). The summed E-state index contributed by atoms with van der Waals surface area (Å²) in [6, 6.07) is 7.99. The average molecular weight is 326 g/mol. The van der Waals surface area contributed by atoms with Crippen molar-refractivity contribution in [1.29, 1.82) is 0 Å². The fourth-order valence-corrected chi connectivity index (χ4v) is 3.49. The van der Waals surface area contributed by atoms with Crippen molar-refractivity contribution in [2.75, 3.05) is 31.2 Å². The van der Waals surface area contributed by atoms with Gasteiger partial charge in [-0.2, -0.15) is 0 Å². The third-order valence-electron chi connectivity index (χ3n) is 4.77. The molecule has 2 aliphatic heterocycles. The van der Waals surface area contributed by atoms with Crippen molar-refractivity contribution >= 4 is 11.6 Å². The number of benzene rings is 1. The van der Waals surface area contributed by atoms with Crippen molar-refractivity contribution in [3.8, 4) is 0 Å². The monoisotopic (exact) mass is 326 g/mol. The quantitative estimate of drug-likeness (QED) is 0.928. The highest BCUT2D eigenvalue weighted by Crippen LogP contribution is 2.22. The van der Waals surface area contributed by atoms with Gasteiger partial charge in [-0.3, -0.25) is 4.79 Å². The van der Waals surface area contributed by atoms with Crippen LogP contribution in [0.15, 0.2) is 36.7 Å². The van der Waals surface area contributed by atoms with Crippen LogP contribution in [0.3, 0.4) is 0 Å². The maximum atomic E-state index is 12.8. The molecule has 0 unspecified atom stereocenters. The number of imidazole rings is 1. The van der Waals surface area contributed by atoms with Gasteiger partial charge in [-0.1, -0.05) is 12.1 Å². The molecular weight excluding hydrogens is 304 g/mol. The molecule has 1 aromatic heterocycles. The fourth-order valence-electron chi connectivity index (χ4n) is 3.49. The van der Waals surface area contributed by atoms with E-state index in [2.05, 4.69) is 19.8 Å². The Hall–Kier alpha value is -2.34. The molecule has 0 aliphatic carbocycles. The summed E-state index contributed by atoms with van der Waals surface area (Å²) >= 11 is 0. The van der Waals surface area contributed by atoms with E-state index in [0.717, 1.165) is 49.6 Å². The molecular formula is C18H22N4O2. The van der Waals surface area contributed by atoms with Crippen LogP contribution in [0.2, 0.25) is 0 Å². The summed E-state index contributed by atoms with van der Waals surface area (Å²) in [5.41, 5.74) is 1.74. The summed E-state index contributed by atoms with van der Waals surface area (Å²) in [6.45, 7) is 3.86. The van der Waals surface area contributed by atoms with Gasteiger partial charge in [0.25, 0.3) is 5.91 Å². The number of carbonyl (C=O) groups excluding carboxylic acids is 1. The van der Waals surface area contributed by atoms with Crippen molar-refractivity contribution < 1.29 is 9.53 Å². The highest BCUT2D eigenvalue weighted by Gasteiger charge is 2.23. The van der Waals surface area contributed by atoms with Crippen LogP contribution in [0.4, 0.5) is 5.69 Å². The van der Waals surface area contributed by atoms with Gasteiger partial charge >= 0.3 is 0 Å². The lowest BCUT2D eigenvalue weighted by Crippen LogP contribution is -2.42. The number of para-hydroxylation sites is 1. The van der Waals surface area contributed by atoms with E-state index in [1.54, 1.807) is 0 Å². The summed E-state index contributed by atoms with van der Waals surface area (Å²) in [4.78, 5) is 19.4. The molecule has 1 aromatic carbocycles. The molecule has 1 saturated heterocycles. The van der Waals surface area contributed by atoms with E-state index in [1.807, 2.05) is 36.7 Å².